The molecule has 0 bridgehead atoms. The summed E-state index contributed by atoms with van der Waals surface area (Å²) >= 11 is 1.31. The van der Waals surface area contributed by atoms with E-state index in [0.29, 0.717) is 36.7 Å². The maximum absolute atomic E-state index is 13.8. The van der Waals surface area contributed by atoms with Crippen molar-refractivity contribution < 1.29 is 37.8 Å². The van der Waals surface area contributed by atoms with Gasteiger partial charge >= 0.3 is 12.1 Å². The fourth-order valence-corrected chi connectivity index (χ4v) is 5.05. The van der Waals surface area contributed by atoms with Gasteiger partial charge in [0.05, 0.1) is 30.9 Å². The number of nitrogens with zero attached hydrogens (tertiary/aromatic N) is 2. The van der Waals surface area contributed by atoms with Crippen LogP contribution in [0, 0.1) is 11.6 Å². The lowest BCUT2D eigenvalue weighted by atomic mass is 10.1. The Labute approximate surface area is 232 Å². The van der Waals surface area contributed by atoms with E-state index in [1.165, 1.54) is 35.5 Å². The fraction of sp³-hybridized carbons (Fsp3) is 0.259. The minimum absolute atomic E-state index is 0.130. The van der Waals surface area contributed by atoms with Gasteiger partial charge in [0, 0.05) is 42.2 Å². The van der Waals surface area contributed by atoms with Crippen LogP contribution in [0.2, 0.25) is 0 Å². The molecule has 3 N–H and O–H groups in total. The van der Waals surface area contributed by atoms with E-state index >= 15 is 0 Å². The number of carbonyl (C=O) groups excluding carboxylic acids is 3. The lowest BCUT2D eigenvalue weighted by Gasteiger charge is -2.36. The molecule has 3 aromatic rings. The molecule has 2 aromatic carbocycles. The van der Waals surface area contributed by atoms with Crippen LogP contribution in [-0.2, 0) is 9.53 Å². The normalized spacial score (nSPS) is 13.9. The van der Waals surface area contributed by atoms with Gasteiger partial charge in [-0.05, 0) is 47.8 Å². The minimum atomic E-state index is -1.18. The van der Waals surface area contributed by atoms with Gasteiger partial charge < -0.3 is 30.3 Å². The number of carboxylic acid groups (broad SMARTS) is 1. The summed E-state index contributed by atoms with van der Waals surface area (Å²) in [6.45, 7) is 1.49. The van der Waals surface area contributed by atoms with Crippen LogP contribution < -0.4 is 15.5 Å². The van der Waals surface area contributed by atoms with Crippen LogP contribution in [0.4, 0.5) is 25.0 Å². The highest BCUT2D eigenvalue weighted by molar-refractivity contribution is 7.10. The van der Waals surface area contributed by atoms with Gasteiger partial charge in [-0.2, -0.15) is 0 Å². The molecule has 1 unspecified atom stereocenters. The summed E-state index contributed by atoms with van der Waals surface area (Å²) < 4.78 is 32.0. The number of halogens is 2. The molecule has 1 aliphatic rings. The van der Waals surface area contributed by atoms with Crippen molar-refractivity contribution >= 4 is 46.6 Å². The minimum Gasteiger partial charge on any atom is -0.481 e. The largest absolute Gasteiger partial charge is 0.481 e. The lowest BCUT2D eigenvalue weighted by molar-refractivity contribution is -0.137. The first-order valence-corrected chi connectivity index (χ1v) is 13.1. The lowest BCUT2D eigenvalue weighted by Crippen LogP contribution is -2.49. The molecule has 0 aliphatic carbocycles. The molecular weight excluding hydrogens is 546 g/mol. The Kier molecular flexibility index (Phi) is 8.94. The van der Waals surface area contributed by atoms with Crippen LogP contribution >= 0.6 is 11.3 Å². The van der Waals surface area contributed by atoms with Crippen molar-refractivity contribution in [2.75, 3.05) is 43.5 Å². The van der Waals surface area contributed by atoms with E-state index in [1.54, 1.807) is 23.6 Å². The first-order valence-electron chi connectivity index (χ1n) is 12.2. The van der Waals surface area contributed by atoms with Gasteiger partial charge in [-0.25, -0.2) is 13.6 Å². The zero-order valence-electron chi connectivity index (χ0n) is 21.4. The predicted molar refractivity (Wildman–Crippen MR) is 144 cm³/mol. The van der Waals surface area contributed by atoms with E-state index in [1.807, 2.05) is 4.90 Å². The highest BCUT2D eigenvalue weighted by Gasteiger charge is 2.25. The Morgan fingerprint density at radius 1 is 0.975 bits per heavy atom. The number of methoxy groups -OCH3 is 1. The second-order valence-corrected chi connectivity index (χ2v) is 9.88. The van der Waals surface area contributed by atoms with Crippen LogP contribution in [0.3, 0.4) is 0 Å². The second kappa shape index (κ2) is 12.6. The van der Waals surface area contributed by atoms with Crippen molar-refractivity contribution in [2.45, 2.75) is 12.5 Å². The number of carboxylic acids is 1. The zero-order valence-corrected chi connectivity index (χ0v) is 22.2. The SMILES string of the molecule is COC(=O)N1CCN(c2ccc(C(=O)NC(CC(=O)O)c3cccs3)cc2NC(=O)c2ccc(F)c(F)c2)CC1. The van der Waals surface area contributed by atoms with Gasteiger partial charge in [0.1, 0.15) is 0 Å². The Balaban J connectivity index is 1.62. The number of amides is 3. The molecule has 40 heavy (non-hydrogen) atoms. The molecule has 1 aliphatic heterocycles. The molecule has 1 saturated heterocycles. The third-order valence-corrected chi connectivity index (χ3v) is 7.30. The fourth-order valence-electron chi connectivity index (χ4n) is 4.27. The van der Waals surface area contributed by atoms with Gasteiger partial charge in [-0.1, -0.05) is 6.07 Å². The maximum atomic E-state index is 13.8. The number of ether oxygens (including phenoxy) is 1. The average Bonchev–Trinajstić information content (AvgIpc) is 3.49. The van der Waals surface area contributed by atoms with Crippen molar-refractivity contribution in [3.8, 4) is 0 Å². The van der Waals surface area contributed by atoms with Crippen LogP contribution in [-0.4, -0.2) is 67.2 Å². The third-order valence-electron chi connectivity index (χ3n) is 6.31. The number of rotatable bonds is 8. The van der Waals surface area contributed by atoms with Gasteiger partial charge in [0.25, 0.3) is 11.8 Å². The Morgan fingerprint density at radius 2 is 1.68 bits per heavy atom. The van der Waals surface area contributed by atoms with Crippen LogP contribution in [0.1, 0.15) is 38.1 Å². The van der Waals surface area contributed by atoms with Gasteiger partial charge in [-0.3, -0.25) is 14.4 Å². The summed E-state index contributed by atoms with van der Waals surface area (Å²) in [6.07, 6.45) is -0.783. The number of aliphatic carboxylic acids is 1. The monoisotopic (exact) mass is 572 g/mol. The summed E-state index contributed by atoms with van der Waals surface area (Å²) in [5, 5.41) is 16.5. The molecule has 0 spiro atoms. The molecule has 10 nitrogen and oxygen atoms in total. The van der Waals surface area contributed by atoms with E-state index < -0.39 is 41.6 Å². The topological polar surface area (TPSA) is 128 Å². The molecule has 1 aromatic heterocycles. The van der Waals surface area contributed by atoms with E-state index in [2.05, 4.69) is 10.6 Å². The molecule has 210 valence electrons. The summed E-state index contributed by atoms with van der Waals surface area (Å²) in [5.74, 6) is -4.66. The smallest absolute Gasteiger partial charge is 0.409 e. The molecule has 0 radical (unpaired) electrons. The quantitative estimate of drug-likeness (QED) is 0.371. The summed E-state index contributed by atoms with van der Waals surface area (Å²) in [6, 6.07) is 10.1. The number of piperazine rings is 1. The van der Waals surface area contributed by atoms with Crippen molar-refractivity contribution in [2.24, 2.45) is 0 Å². The molecule has 3 amide bonds. The van der Waals surface area contributed by atoms with Crippen molar-refractivity contribution in [3.05, 3.63) is 81.5 Å². The molecule has 0 saturated carbocycles. The molecule has 13 heteroatoms. The first kappa shape index (κ1) is 28.5. The number of nitrogens with one attached hydrogen (secondary N) is 2. The summed E-state index contributed by atoms with van der Waals surface area (Å²) in [5.41, 5.74) is 0.774. The van der Waals surface area contributed by atoms with Crippen LogP contribution in [0.5, 0.6) is 0 Å². The molecule has 1 fully saturated rings. The highest BCUT2D eigenvalue weighted by Crippen LogP contribution is 2.30. The maximum Gasteiger partial charge on any atom is 0.409 e. The molecule has 4 rings (SSSR count). The summed E-state index contributed by atoms with van der Waals surface area (Å²) in [4.78, 5) is 53.5. The van der Waals surface area contributed by atoms with Crippen LogP contribution in [0.15, 0.2) is 53.9 Å². The van der Waals surface area contributed by atoms with E-state index in [-0.39, 0.29) is 23.2 Å². The number of anilines is 2. The highest BCUT2D eigenvalue weighted by atomic mass is 32.1. The molecule has 1 atom stereocenters. The van der Waals surface area contributed by atoms with E-state index in [0.717, 1.165) is 18.2 Å². The third kappa shape index (κ3) is 6.72. The van der Waals surface area contributed by atoms with Crippen LogP contribution in [0.25, 0.3) is 0 Å². The first-order chi connectivity index (χ1) is 19.2. The Bertz CT molecular complexity index is 1410. The van der Waals surface area contributed by atoms with Crippen molar-refractivity contribution in [1.29, 1.82) is 0 Å². The van der Waals surface area contributed by atoms with Crippen molar-refractivity contribution in [3.63, 3.8) is 0 Å². The molecular formula is C27H26F2N4O6S. The average molecular weight is 573 g/mol. The number of hydrogen-bond acceptors (Lipinski definition) is 7. The Morgan fingerprint density at radius 3 is 2.30 bits per heavy atom. The Hall–Kier alpha value is -4.52. The van der Waals surface area contributed by atoms with E-state index in [4.69, 9.17) is 4.74 Å². The predicted octanol–water partition coefficient (Wildman–Crippen LogP) is 4.11. The number of hydrogen-bond donors (Lipinski definition) is 3. The number of carbonyl (C=O) groups is 4. The molecule has 2 heterocycles. The van der Waals surface area contributed by atoms with Crippen molar-refractivity contribution in [1.82, 2.24) is 10.2 Å². The summed E-state index contributed by atoms with van der Waals surface area (Å²) in [7, 11) is 1.30. The van der Waals surface area contributed by atoms with E-state index in [9.17, 15) is 33.1 Å². The zero-order chi connectivity index (χ0) is 28.8. The van der Waals surface area contributed by atoms with Gasteiger partial charge in [0.2, 0.25) is 0 Å². The second-order valence-electron chi connectivity index (χ2n) is 8.90. The number of thiophene rings is 1. The number of benzene rings is 2. The standard InChI is InChI=1S/C27H26F2N4O6S/c1-39-27(38)33-10-8-32(9-11-33)22-7-5-17(26(37)31-21(15-24(34)35)23-3-2-12-40-23)14-20(22)30-25(36)16-4-6-18(28)19(29)13-16/h2-7,12-14,21H,8-11,15H2,1H3,(H,30,36)(H,31,37)(H,34,35). The van der Waals surface area contributed by atoms with Gasteiger partial charge in [0.15, 0.2) is 11.6 Å². The van der Waals surface area contributed by atoms with Gasteiger partial charge in [-0.15, -0.1) is 11.3 Å².